The molecule has 3 rings (SSSR count). The van der Waals surface area contributed by atoms with Crippen LogP contribution in [0.1, 0.15) is 44.3 Å². The van der Waals surface area contributed by atoms with E-state index in [-0.39, 0.29) is 5.92 Å². The Bertz CT molecular complexity index is 606. The minimum absolute atomic E-state index is 0.261. The summed E-state index contributed by atoms with van der Waals surface area (Å²) in [5.41, 5.74) is 2.09. The number of rotatable bonds is 3. The largest absolute Gasteiger partial charge is 0.331 e. The highest BCUT2D eigenvalue weighted by Gasteiger charge is 2.22. The Morgan fingerprint density at radius 3 is 2.60 bits per heavy atom. The fourth-order valence-corrected chi connectivity index (χ4v) is 3.26. The number of hydrogen-bond acceptors (Lipinski definition) is 2. The lowest BCUT2D eigenvalue weighted by Gasteiger charge is -2.12. The summed E-state index contributed by atoms with van der Waals surface area (Å²) in [6, 6.07) is 8.07. The van der Waals surface area contributed by atoms with E-state index in [0.29, 0.717) is 12.2 Å². The van der Waals surface area contributed by atoms with E-state index < -0.39 is 0 Å². The third-order valence-corrected chi connectivity index (χ3v) is 4.52. The van der Waals surface area contributed by atoms with Crippen molar-refractivity contribution in [3.8, 4) is 0 Å². The van der Waals surface area contributed by atoms with Gasteiger partial charge in [0.1, 0.15) is 11.6 Å². The SMILES string of the molecule is Cn1c(CC(=O)C2CCCCCC2)nc2ccccc21. The number of fused-ring (bicyclic) bond motifs is 1. The molecule has 1 aromatic carbocycles. The predicted octanol–water partition coefficient (Wildman–Crippen LogP) is 3.66. The normalized spacial score (nSPS) is 17.2. The van der Waals surface area contributed by atoms with Crippen molar-refractivity contribution in [3.05, 3.63) is 30.1 Å². The van der Waals surface area contributed by atoms with Gasteiger partial charge < -0.3 is 4.57 Å². The molecular weight excluding hydrogens is 248 g/mol. The number of benzene rings is 1. The van der Waals surface area contributed by atoms with Crippen LogP contribution in [0.15, 0.2) is 24.3 Å². The van der Waals surface area contributed by atoms with Crippen molar-refractivity contribution in [2.75, 3.05) is 0 Å². The number of imidazole rings is 1. The molecular formula is C17H22N2O. The van der Waals surface area contributed by atoms with Gasteiger partial charge in [0.2, 0.25) is 0 Å². The van der Waals surface area contributed by atoms with Gasteiger partial charge in [-0.15, -0.1) is 0 Å². The molecule has 0 N–H and O–H groups in total. The summed E-state index contributed by atoms with van der Waals surface area (Å²) < 4.78 is 2.06. The second-order valence-electron chi connectivity index (χ2n) is 5.91. The number of carbonyl (C=O) groups excluding carboxylic acids is 1. The average Bonchev–Trinajstić information content (AvgIpc) is 2.67. The standard InChI is InChI=1S/C17H22N2O/c1-19-15-11-7-6-10-14(15)18-17(19)12-16(20)13-8-4-2-3-5-9-13/h6-7,10-11,13H,2-5,8-9,12H2,1H3. The molecule has 0 amide bonds. The number of para-hydroxylation sites is 2. The van der Waals surface area contributed by atoms with E-state index >= 15 is 0 Å². The van der Waals surface area contributed by atoms with Crippen LogP contribution in [-0.2, 0) is 18.3 Å². The molecule has 3 heteroatoms. The second-order valence-corrected chi connectivity index (χ2v) is 5.91. The van der Waals surface area contributed by atoms with Gasteiger partial charge in [0.15, 0.2) is 0 Å². The van der Waals surface area contributed by atoms with Crippen molar-refractivity contribution >= 4 is 16.8 Å². The maximum absolute atomic E-state index is 12.5. The molecule has 1 aromatic heterocycles. The quantitative estimate of drug-likeness (QED) is 0.798. The Morgan fingerprint density at radius 2 is 1.90 bits per heavy atom. The number of aryl methyl sites for hydroxylation is 1. The molecule has 0 saturated heterocycles. The molecule has 1 aliphatic carbocycles. The summed E-state index contributed by atoms with van der Waals surface area (Å²) in [6.45, 7) is 0. The summed E-state index contributed by atoms with van der Waals surface area (Å²) in [4.78, 5) is 17.1. The van der Waals surface area contributed by atoms with Crippen LogP contribution in [0.25, 0.3) is 11.0 Å². The fourth-order valence-electron chi connectivity index (χ4n) is 3.26. The minimum atomic E-state index is 0.261. The van der Waals surface area contributed by atoms with Crippen LogP contribution < -0.4 is 0 Å². The Morgan fingerprint density at radius 1 is 1.20 bits per heavy atom. The van der Waals surface area contributed by atoms with Crippen LogP contribution in [0.4, 0.5) is 0 Å². The Kier molecular flexibility index (Phi) is 3.86. The molecule has 0 atom stereocenters. The number of Topliss-reactive ketones (excluding diaryl/α,β-unsaturated/α-hetero) is 1. The van der Waals surface area contributed by atoms with E-state index in [1.807, 2.05) is 25.2 Å². The lowest BCUT2D eigenvalue weighted by molar-refractivity contribution is -0.122. The first-order valence-electron chi connectivity index (χ1n) is 7.69. The molecule has 2 aromatic rings. The number of hydrogen-bond donors (Lipinski definition) is 0. The van der Waals surface area contributed by atoms with E-state index in [1.54, 1.807) is 0 Å². The van der Waals surface area contributed by atoms with Gasteiger partial charge in [-0.25, -0.2) is 4.98 Å². The molecule has 3 nitrogen and oxygen atoms in total. The smallest absolute Gasteiger partial charge is 0.143 e. The van der Waals surface area contributed by atoms with Gasteiger partial charge >= 0.3 is 0 Å². The van der Waals surface area contributed by atoms with Gasteiger partial charge in [-0.1, -0.05) is 37.8 Å². The molecule has 20 heavy (non-hydrogen) atoms. The first kappa shape index (κ1) is 13.3. The van der Waals surface area contributed by atoms with Crippen molar-refractivity contribution in [3.63, 3.8) is 0 Å². The Balaban J connectivity index is 1.78. The van der Waals surface area contributed by atoms with Crippen LogP contribution in [0.3, 0.4) is 0 Å². The lowest BCUT2D eigenvalue weighted by atomic mass is 9.93. The minimum Gasteiger partial charge on any atom is -0.331 e. The molecule has 0 radical (unpaired) electrons. The van der Waals surface area contributed by atoms with Gasteiger partial charge in [-0.2, -0.15) is 0 Å². The summed E-state index contributed by atoms with van der Waals surface area (Å²) in [7, 11) is 2.00. The third-order valence-electron chi connectivity index (χ3n) is 4.52. The molecule has 1 fully saturated rings. The molecule has 0 unspecified atom stereocenters. The molecule has 0 aliphatic heterocycles. The molecule has 0 bridgehead atoms. The van der Waals surface area contributed by atoms with Gasteiger partial charge in [0, 0.05) is 13.0 Å². The number of nitrogens with zero attached hydrogens (tertiary/aromatic N) is 2. The van der Waals surface area contributed by atoms with Crippen molar-refractivity contribution in [2.45, 2.75) is 44.9 Å². The second kappa shape index (κ2) is 5.78. The summed E-state index contributed by atoms with van der Waals surface area (Å²) >= 11 is 0. The van der Waals surface area contributed by atoms with E-state index in [9.17, 15) is 4.79 Å². The van der Waals surface area contributed by atoms with Crippen LogP contribution in [0.2, 0.25) is 0 Å². The van der Waals surface area contributed by atoms with E-state index in [0.717, 1.165) is 29.7 Å². The molecule has 1 heterocycles. The first-order chi connectivity index (χ1) is 9.75. The van der Waals surface area contributed by atoms with Crippen LogP contribution in [0.5, 0.6) is 0 Å². The van der Waals surface area contributed by atoms with Crippen molar-refractivity contribution < 1.29 is 4.79 Å². The monoisotopic (exact) mass is 270 g/mol. The predicted molar refractivity (Wildman–Crippen MR) is 80.6 cm³/mol. The van der Waals surface area contributed by atoms with Gasteiger partial charge in [0.25, 0.3) is 0 Å². The van der Waals surface area contributed by atoms with Crippen molar-refractivity contribution in [2.24, 2.45) is 13.0 Å². The molecule has 0 spiro atoms. The molecule has 106 valence electrons. The van der Waals surface area contributed by atoms with Gasteiger partial charge in [-0.3, -0.25) is 4.79 Å². The van der Waals surface area contributed by atoms with E-state index in [1.165, 1.54) is 25.7 Å². The summed E-state index contributed by atoms with van der Waals surface area (Å²) in [5, 5.41) is 0. The van der Waals surface area contributed by atoms with Crippen LogP contribution >= 0.6 is 0 Å². The maximum atomic E-state index is 12.5. The highest BCUT2D eigenvalue weighted by molar-refractivity contribution is 5.84. The topological polar surface area (TPSA) is 34.9 Å². The molecule has 1 saturated carbocycles. The van der Waals surface area contributed by atoms with Crippen molar-refractivity contribution in [1.82, 2.24) is 9.55 Å². The van der Waals surface area contributed by atoms with Crippen LogP contribution in [-0.4, -0.2) is 15.3 Å². The summed E-state index contributed by atoms with van der Waals surface area (Å²) in [5.74, 6) is 1.54. The van der Waals surface area contributed by atoms with Crippen LogP contribution in [0, 0.1) is 5.92 Å². The first-order valence-corrected chi connectivity index (χ1v) is 7.69. The number of aromatic nitrogens is 2. The van der Waals surface area contributed by atoms with Gasteiger partial charge in [-0.05, 0) is 25.0 Å². The Hall–Kier alpha value is -1.64. The van der Waals surface area contributed by atoms with Gasteiger partial charge in [0.05, 0.1) is 17.5 Å². The fraction of sp³-hybridized carbons (Fsp3) is 0.529. The average molecular weight is 270 g/mol. The maximum Gasteiger partial charge on any atom is 0.143 e. The van der Waals surface area contributed by atoms with Crippen molar-refractivity contribution in [1.29, 1.82) is 0 Å². The zero-order chi connectivity index (χ0) is 13.9. The molecule has 1 aliphatic rings. The van der Waals surface area contributed by atoms with E-state index in [4.69, 9.17) is 0 Å². The third kappa shape index (κ3) is 2.62. The Labute approximate surface area is 120 Å². The lowest BCUT2D eigenvalue weighted by Crippen LogP contribution is -2.18. The zero-order valence-electron chi connectivity index (χ0n) is 12.1. The van der Waals surface area contributed by atoms with E-state index in [2.05, 4.69) is 15.6 Å². The summed E-state index contributed by atoms with van der Waals surface area (Å²) in [6.07, 6.45) is 7.62. The number of carbonyl (C=O) groups is 1. The zero-order valence-corrected chi connectivity index (χ0v) is 12.1. The number of ketones is 1. The highest BCUT2D eigenvalue weighted by atomic mass is 16.1. The highest BCUT2D eigenvalue weighted by Crippen LogP contribution is 2.25.